The number of hydrogen-bond donors (Lipinski definition) is 0. The maximum absolute atomic E-state index is 12.2. The Balaban J connectivity index is 4.61. The van der Waals surface area contributed by atoms with Gasteiger partial charge in [-0.15, -0.1) is 0 Å². The zero-order chi connectivity index (χ0) is 15.8. The van der Waals surface area contributed by atoms with Crippen LogP contribution < -0.4 is 0 Å². The molecule has 0 N–H and O–H groups in total. The van der Waals surface area contributed by atoms with Crippen LogP contribution in [0.1, 0.15) is 60.8 Å². The van der Waals surface area contributed by atoms with E-state index in [1.54, 1.807) is 4.90 Å². The largest absolute Gasteiger partial charge is 0.444 e. The molecule has 0 saturated heterocycles. The predicted molar refractivity (Wildman–Crippen MR) is 81.3 cm³/mol. The van der Waals surface area contributed by atoms with Crippen LogP contribution in [0.25, 0.3) is 0 Å². The third-order valence-corrected chi connectivity index (χ3v) is 3.21. The van der Waals surface area contributed by atoms with Crippen LogP contribution in [0.5, 0.6) is 0 Å². The fourth-order valence-electron chi connectivity index (χ4n) is 1.76. The Labute approximate surface area is 124 Å². The number of nitrogens with zero attached hydrogens (tertiary/aromatic N) is 2. The SMILES string of the molecule is CCC(C)CCN(C[C@@H](C)CC#N)C(=O)OC(C)(C)C. The molecule has 4 nitrogen and oxygen atoms in total. The van der Waals surface area contributed by atoms with Crippen molar-refractivity contribution in [2.45, 2.75) is 66.4 Å². The third-order valence-electron chi connectivity index (χ3n) is 3.21. The van der Waals surface area contributed by atoms with E-state index in [9.17, 15) is 4.79 Å². The van der Waals surface area contributed by atoms with Crippen LogP contribution in [0.15, 0.2) is 0 Å². The van der Waals surface area contributed by atoms with E-state index in [-0.39, 0.29) is 12.0 Å². The standard InChI is InChI=1S/C16H30N2O2/c1-7-13(2)9-11-18(12-14(3)8-10-17)15(19)20-16(4,5)6/h13-14H,7-9,11-12H2,1-6H3/t13?,14-/m0/s1. The minimum absolute atomic E-state index is 0.171. The summed E-state index contributed by atoms with van der Waals surface area (Å²) in [5, 5.41) is 8.75. The van der Waals surface area contributed by atoms with E-state index >= 15 is 0 Å². The first kappa shape index (κ1) is 18.8. The van der Waals surface area contributed by atoms with Gasteiger partial charge in [0.05, 0.1) is 6.07 Å². The predicted octanol–water partition coefficient (Wildman–Crippen LogP) is 4.21. The first-order valence-corrected chi connectivity index (χ1v) is 7.54. The van der Waals surface area contributed by atoms with Crippen molar-refractivity contribution >= 4 is 6.09 Å². The Hall–Kier alpha value is -1.24. The van der Waals surface area contributed by atoms with Gasteiger partial charge in [0.15, 0.2) is 0 Å². The Kier molecular flexibility index (Phi) is 8.29. The minimum atomic E-state index is -0.482. The second-order valence-corrected chi connectivity index (χ2v) is 6.70. The van der Waals surface area contributed by atoms with Gasteiger partial charge in [-0.1, -0.05) is 27.2 Å². The number of amides is 1. The number of rotatable bonds is 7. The molecule has 0 aromatic rings. The van der Waals surface area contributed by atoms with Gasteiger partial charge in [0.1, 0.15) is 5.60 Å². The van der Waals surface area contributed by atoms with Crippen LogP contribution in [0, 0.1) is 23.2 Å². The summed E-state index contributed by atoms with van der Waals surface area (Å²) in [5.41, 5.74) is -0.482. The second-order valence-electron chi connectivity index (χ2n) is 6.70. The van der Waals surface area contributed by atoms with Crippen LogP contribution in [0.2, 0.25) is 0 Å². The Bertz CT molecular complexity index is 328. The quantitative estimate of drug-likeness (QED) is 0.703. The van der Waals surface area contributed by atoms with Crippen molar-refractivity contribution in [3.8, 4) is 6.07 Å². The highest BCUT2D eigenvalue weighted by Gasteiger charge is 2.23. The molecule has 0 heterocycles. The molecule has 0 rings (SSSR count). The van der Waals surface area contributed by atoms with Crippen molar-refractivity contribution in [3.63, 3.8) is 0 Å². The molecular weight excluding hydrogens is 252 g/mol. The first-order valence-electron chi connectivity index (χ1n) is 7.54. The molecule has 0 aliphatic rings. The lowest BCUT2D eigenvalue weighted by Crippen LogP contribution is -2.40. The molecule has 0 aliphatic heterocycles. The van der Waals surface area contributed by atoms with Crippen molar-refractivity contribution in [1.82, 2.24) is 4.90 Å². The van der Waals surface area contributed by atoms with Gasteiger partial charge in [-0.2, -0.15) is 5.26 Å². The summed E-state index contributed by atoms with van der Waals surface area (Å²) in [4.78, 5) is 14.0. The van der Waals surface area contributed by atoms with Gasteiger partial charge in [-0.25, -0.2) is 4.79 Å². The van der Waals surface area contributed by atoms with Gasteiger partial charge in [0, 0.05) is 19.5 Å². The van der Waals surface area contributed by atoms with E-state index < -0.39 is 5.60 Å². The van der Waals surface area contributed by atoms with Crippen LogP contribution in [-0.4, -0.2) is 29.7 Å². The van der Waals surface area contributed by atoms with Crippen molar-refractivity contribution in [2.24, 2.45) is 11.8 Å². The monoisotopic (exact) mass is 282 g/mol. The van der Waals surface area contributed by atoms with E-state index in [1.165, 1.54) is 0 Å². The average molecular weight is 282 g/mol. The molecule has 0 spiro atoms. The highest BCUT2D eigenvalue weighted by molar-refractivity contribution is 5.68. The van der Waals surface area contributed by atoms with Gasteiger partial charge in [-0.05, 0) is 39.0 Å². The maximum atomic E-state index is 12.2. The number of hydrogen-bond acceptors (Lipinski definition) is 3. The smallest absolute Gasteiger partial charge is 0.410 e. The normalized spacial score (nSPS) is 14.2. The molecule has 20 heavy (non-hydrogen) atoms. The van der Waals surface area contributed by atoms with E-state index in [4.69, 9.17) is 10.00 Å². The van der Waals surface area contributed by atoms with Crippen LogP contribution in [-0.2, 0) is 4.74 Å². The molecular formula is C16H30N2O2. The van der Waals surface area contributed by atoms with E-state index in [0.29, 0.717) is 25.4 Å². The summed E-state index contributed by atoms with van der Waals surface area (Å²) in [6.07, 6.45) is 2.26. The van der Waals surface area contributed by atoms with Gasteiger partial charge in [0.2, 0.25) is 0 Å². The highest BCUT2D eigenvalue weighted by Crippen LogP contribution is 2.15. The van der Waals surface area contributed by atoms with Crippen LogP contribution in [0.3, 0.4) is 0 Å². The van der Waals surface area contributed by atoms with Crippen molar-refractivity contribution < 1.29 is 9.53 Å². The van der Waals surface area contributed by atoms with Gasteiger partial charge >= 0.3 is 6.09 Å². The first-order chi connectivity index (χ1) is 9.19. The highest BCUT2D eigenvalue weighted by atomic mass is 16.6. The second kappa shape index (κ2) is 8.84. The molecule has 0 aromatic carbocycles. The fourth-order valence-corrected chi connectivity index (χ4v) is 1.76. The lowest BCUT2D eigenvalue weighted by atomic mass is 10.0. The zero-order valence-corrected chi connectivity index (χ0v) is 13.9. The van der Waals surface area contributed by atoms with Crippen molar-refractivity contribution in [3.05, 3.63) is 0 Å². The number of carbonyl (C=O) groups is 1. The summed E-state index contributed by atoms with van der Waals surface area (Å²) in [5.74, 6) is 0.760. The Morgan fingerprint density at radius 3 is 2.35 bits per heavy atom. The number of ether oxygens (including phenoxy) is 1. The Morgan fingerprint density at radius 2 is 1.90 bits per heavy atom. The summed E-state index contributed by atoms with van der Waals surface area (Å²) in [6, 6.07) is 2.16. The molecule has 1 amide bonds. The van der Waals surface area contributed by atoms with Gasteiger partial charge in [0.25, 0.3) is 0 Å². The van der Waals surface area contributed by atoms with Crippen molar-refractivity contribution in [1.29, 1.82) is 5.26 Å². The number of nitriles is 1. The molecule has 0 aromatic heterocycles. The Morgan fingerprint density at radius 1 is 1.30 bits per heavy atom. The summed E-state index contributed by atoms with van der Waals surface area (Å²) >= 11 is 0. The zero-order valence-electron chi connectivity index (χ0n) is 13.9. The minimum Gasteiger partial charge on any atom is -0.444 e. The fraction of sp³-hybridized carbons (Fsp3) is 0.875. The molecule has 0 saturated carbocycles. The number of carbonyl (C=O) groups excluding carboxylic acids is 1. The molecule has 1 unspecified atom stereocenters. The molecule has 0 aliphatic carbocycles. The van der Waals surface area contributed by atoms with E-state index in [1.807, 2.05) is 27.7 Å². The average Bonchev–Trinajstić information content (AvgIpc) is 2.31. The summed E-state index contributed by atoms with van der Waals surface area (Å²) in [6.45, 7) is 13.2. The lowest BCUT2D eigenvalue weighted by Gasteiger charge is -2.29. The molecule has 2 atom stereocenters. The van der Waals surface area contributed by atoms with E-state index in [0.717, 1.165) is 12.8 Å². The summed E-state index contributed by atoms with van der Waals surface area (Å²) < 4.78 is 5.45. The topological polar surface area (TPSA) is 53.3 Å². The third kappa shape index (κ3) is 8.79. The van der Waals surface area contributed by atoms with Crippen LogP contribution in [0.4, 0.5) is 4.79 Å². The lowest BCUT2D eigenvalue weighted by molar-refractivity contribution is 0.0216. The molecule has 0 fully saturated rings. The van der Waals surface area contributed by atoms with Crippen molar-refractivity contribution in [2.75, 3.05) is 13.1 Å². The molecule has 4 heteroatoms. The molecule has 0 bridgehead atoms. The summed E-state index contributed by atoms with van der Waals surface area (Å²) in [7, 11) is 0. The van der Waals surface area contributed by atoms with Crippen LogP contribution >= 0.6 is 0 Å². The van der Waals surface area contributed by atoms with Gasteiger partial charge in [-0.3, -0.25) is 0 Å². The van der Waals surface area contributed by atoms with E-state index in [2.05, 4.69) is 19.9 Å². The molecule has 116 valence electrons. The van der Waals surface area contributed by atoms with Gasteiger partial charge < -0.3 is 9.64 Å². The molecule has 0 radical (unpaired) electrons. The maximum Gasteiger partial charge on any atom is 0.410 e.